The van der Waals surface area contributed by atoms with Gasteiger partial charge in [-0.2, -0.15) is 12.6 Å². The lowest BCUT2D eigenvalue weighted by Gasteiger charge is -2.14. The maximum atomic E-state index is 12.2. The summed E-state index contributed by atoms with van der Waals surface area (Å²) < 4.78 is 5.55. The third-order valence-corrected chi connectivity index (χ3v) is 7.27. The number of hydrogen-bond acceptors (Lipinski definition) is 4. The molecule has 0 bridgehead atoms. The van der Waals surface area contributed by atoms with Crippen LogP contribution in [0.1, 0.15) is 155 Å². The predicted molar refractivity (Wildman–Crippen MR) is 181 cm³/mol. The molecule has 4 nitrogen and oxygen atoms in total. The van der Waals surface area contributed by atoms with E-state index in [0.717, 1.165) is 25.2 Å². The molecule has 0 radical (unpaired) electrons. The highest BCUT2D eigenvalue weighted by Gasteiger charge is 2.08. The van der Waals surface area contributed by atoms with Crippen LogP contribution in [0.4, 0.5) is 0 Å². The molecule has 1 rings (SSSR count). The van der Waals surface area contributed by atoms with Crippen LogP contribution in [0, 0.1) is 5.92 Å². The van der Waals surface area contributed by atoms with Gasteiger partial charge in [0.2, 0.25) is 0 Å². The van der Waals surface area contributed by atoms with Gasteiger partial charge in [-0.15, -0.1) is 0 Å². The molecule has 0 saturated heterocycles. The van der Waals surface area contributed by atoms with Crippen LogP contribution in [0.2, 0.25) is 0 Å². The number of rotatable bonds is 24. The minimum atomic E-state index is -0.250. The summed E-state index contributed by atoms with van der Waals surface area (Å²) in [5.74, 6) is 1.48. The zero-order chi connectivity index (χ0) is 30.8. The predicted octanol–water partition coefficient (Wildman–Crippen LogP) is 11.4. The van der Waals surface area contributed by atoms with Gasteiger partial charge in [0.1, 0.15) is 5.75 Å². The molecule has 0 aliphatic rings. The number of ether oxygens (including phenoxy) is 1. The molecule has 0 heterocycles. The van der Waals surface area contributed by atoms with Gasteiger partial charge < -0.3 is 9.84 Å². The smallest absolute Gasteiger partial charge is 0.311 e. The standard InChI is InChI=1S/C34H58O2.CH2O2.CH4S/c1-4-7-8-9-10-11-12-13-14-15-16-17-18-19-20-26-34(35)36-33-29-27-32(28-30-33)25-21-24-31(22-5-2)23-6-3;2-1-3;1-2/h13-14,27-31H,4-12,15-26H2,1-3H3;1H,(H,2,3);2H,1H3. The van der Waals surface area contributed by atoms with Gasteiger partial charge in [0.15, 0.2) is 0 Å². The quantitative estimate of drug-likeness (QED) is 0.0313. The Morgan fingerprint density at radius 3 is 1.73 bits per heavy atom. The number of carboxylic acid groups (broad SMARTS) is 1. The van der Waals surface area contributed by atoms with Crippen LogP contribution < -0.4 is 4.74 Å². The van der Waals surface area contributed by atoms with Crippen molar-refractivity contribution in [2.75, 3.05) is 6.26 Å². The molecule has 0 atom stereocenters. The number of carbonyl (C=O) groups excluding carboxylic acids is 1. The molecule has 5 heteroatoms. The number of thiol groups is 1. The van der Waals surface area contributed by atoms with Crippen molar-refractivity contribution in [3.63, 3.8) is 0 Å². The minimum Gasteiger partial charge on any atom is -0.483 e. The topological polar surface area (TPSA) is 63.6 Å². The Balaban J connectivity index is 0. The van der Waals surface area contributed by atoms with Crippen LogP contribution in [0.25, 0.3) is 0 Å². The van der Waals surface area contributed by atoms with Gasteiger partial charge in [-0.25, -0.2) is 0 Å². The Bertz CT molecular complexity index is 696. The normalized spacial score (nSPS) is 10.6. The molecular weight excluding hydrogens is 528 g/mol. The molecular formula is C36H64O4S. The molecule has 41 heavy (non-hydrogen) atoms. The van der Waals surface area contributed by atoms with Crippen molar-refractivity contribution >= 4 is 25.1 Å². The highest BCUT2D eigenvalue weighted by molar-refractivity contribution is 7.79. The number of hydrogen-bond donors (Lipinski definition) is 2. The number of aryl methyl sites for hydroxylation is 1. The van der Waals surface area contributed by atoms with Gasteiger partial charge in [0, 0.05) is 6.42 Å². The SMILES string of the molecule is CCCCCCCCC=CCCCCCCCC(=O)Oc1ccc(CCCC(CCC)CCC)cc1.CS.O=CO. The largest absolute Gasteiger partial charge is 0.483 e. The second kappa shape index (κ2) is 34.5. The van der Waals surface area contributed by atoms with Gasteiger partial charge in [-0.3, -0.25) is 9.59 Å². The Kier molecular flexibility index (Phi) is 34.8. The first-order valence-corrected chi connectivity index (χ1v) is 17.5. The van der Waals surface area contributed by atoms with Gasteiger partial charge in [0.05, 0.1) is 0 Å². The lowest BCUT2D eigenvalue weighted by atomic mass is 9.92. The summed E-state index contributed by atoms with van der Waals surface area (Å²) in [5.41, 5.74) is 1.35. The number of unbranched alkanes of at least 4 members (excludes halogenated alkanes) is 11. The summed E-state index contributed by atoms with van der Waals surface area (Å²) >= 11 is 3.53. The van der Waals surface area contributed by atoms with E-state index in [-0.39, 0.29) is 12.4 Å². The summed E-state index contributed by atoms with van der Waals surface area (Å²) in [4.78, 5) is 20.5. The Morgan fingerprint density at radius 1 is 0.732 bits per heavy atom. The van der Waals surface area contributed by atoms with Crippen LogP contribution in [0.15, 0.2) is 36.4 Å². The molecule has 1 N–H and O–H groups in total. The molecule has 1 aromatic carbocycles. The van der Waals surface area contributed by atoms with Crippen molar-refractivity contribution in [2.45, 2.75) is 156 Å². The zero-order valence-electron chi connectivity index (χ0n) is 27.1. The summed E-state index contributed by atoms with van der Waals surface area (Å²) in [6.07, 6.45) is 32.5. The summed E-state index contributed by atoms with van der Waals surface area (Å²) in [7, 11) is 0. The fourth-order valence-electron chi connectivity index (χ4n) is 5.09. The molecule has 0 aromatic heterocycles. The number of carbonyl (C=O) groups is 2. The van der Waals surface area contributed by atoms with Gasteiger partial charge in [-0.05, 0) is 74.8 Å². The fraction of sp³-hybridized carbons (Fsp3) is 0.722. The molecule has 0 aliphatic heterocycles. The van der Waals surface area contributed by atoms with E-state index in [1.165, 1.54) is 115 Å². The molecule has 1 aromatic rings. The van der Waals surface area contributed by atoms with Crippen LogP contribution >= 0.6 is 12.6 Å². The number of esters is 1. The van der Waals surface area contributed by atoms with E-state index in [2.05, 4.69) is 57.7 Å². The third kappa shape index (κ3) is 29.5. The maximum absolute atomic E-state index is 12.2. The van der Waals surface area contributed by atoms with Crippen LogP contribution in [-0.2, 0) is 16.0 Å². The Labute approximate surface area is 259 Å². The molecule has 0 amide bonds. The van der Waals surface area contributed by atoms with E-state index in [1.54, 1.807) is 6.26 Å². The van der Waals surface area contributed by atoms with Crippen molar-refractivity contribution < 1.29 is 19.4 Å². The maximum Gasteiger partial charge on any atom is 0.311 e. The van der Waals surface area contributed by atoms with Crippen molar-refractivity contribution in [3.05, 3.63) is 42.0 Å². The average Bonchev–Trinajstić information content (AvgIpc) is 2.98. The second-order valence-corrected chi connectivity index (χ2v) is 10.9. The van der Waals surface area contributed by atoms with Crippen molar-refractivity contribution in [1.29, 1.82) is 0 Å². The van der Waals surface area contributed by atoms with E-state index in [1.807, 2.05) is 12.1 Å². The third-order valence-electron chi connectivity index (χ3n) is 7.27. The summed E-state index contributed by atoms with van der Waals surface area (Å²) in [6.45, 7) is 6.61. The molecule has 0 unspecified atom stereocenters. The van der Waals surface area contributed by atoms with Crippen molar-refractivity contribution in [1.82, 2.24) is 0 Å². The monoisotopic (exact) mass is 592 g/mol. The molecule has 238 valence electrons. The van der Waals surface area contributed by atoms with E-state index < -0.39 is 0 Å². The first kappa shape index (κ1) is 41.4. The first-order chi connectivity index (χ1) is 20.1. The minimum absolute atomic E-state index is 0.0950. The van der Waals surface area contributed by atoms with Gasteiger partial charge >= 0.3 is 5.97 Å². The van der Waals surface area contributed by atoms with Crippen LogP contribution in [-0.4, -0.2) is 23.8 Å². The van der Waals surface area contributed by atoms with E-state index >= 15 is 0 Å². The second-order valence-electron chi connectivity index (χ2n) is 10.9. The van der Waals surface area contributed by atoms with Gasteiger partial charge in [-0.1, -0.05) is 129 Å². The van der Waals surface area contributed by atoms with Crippen LogP contribution in [0.3, 0.4) is 0 Å². The number of benzene rings is 1. The highest BCUT2D eigenvalue weighted by atomic mass is 32.1. The van der Waals surface area contributed by atoms with E-state index in [4.69, 9.17) is 14.6 Å². The lowest BCUT2D eigenvalue weighted by Crippen LogP contribution is -2.07. The van der Waals surface area contributed by atoms with E-state index in [0.29, 0.717) is 12.2 Å². The molecule has 0 aliphatic carbocycles. The fourth-order valence-corrected chi connectivity index (χ4v) is 5.09. The average molecular weight is 593 g/mol. The summed E-state index contributed by atoms with van der Waals surface area (Å²) in [5, 5.41) is 6.89. The zero-order valence-corrected chi connectivity index (χ0v) is 28.0. The van der Waals surface area contributed by atoms with Gasteiger partial charge in [0.25, 0.3) is 6.47 Å². The molecule has 0 fully saturated rings. The Morgan fingerprint density at radius 2 is 1.22 bits per heavy atom. The molecule has 0 saturated carbocycles. The number of allylic oxidation sites excluding steroid dienone is 2. The molecule has 0 spiro atoms. The lowest BCUT2D eigenvalue weighted by molar-refractivity contribution is -0.134. The first-order valence-electron chi connectivity index (χ1n) is 16.6. The van der Waals surface area contributed by atoms with Crippen molar-refractivity contribution in [2.24, 2.45) is 5.92 Å². The van der Waals surface area contributed by atoms with Crippen molar-refractivity contribution in [3.8, 4) is 5.75 Å². The highest BCUT2D eigenvalue weighted by Crippen LogP contribution is 2.22. The van der Waals surface area contributed by atoms with E-state index in [9.17, 15) is 4.79 Å². The summed E-state index contributed by atoms with van der Waals surface area (Å²) in [6, 6.07) is 8.17. The van der Waals surface area contributed by atoms with Crippen LogP contribution in [0.5, 0.6) is 5.75 Å². The Hall–Kier alpha value is -1.75.